The summed E-state index contributed by atoms with van der Waals surface area (Å²) in [7, 11) is 0. The predicted octanol–water partition coefficient (Wildman–Crippen LogP) is 20.8. The van der Waals surface area contributed by atoms with Crippen molar-refractivity contribution in [1.82, 2.24) is 0 Å². The van der Waals surface area contributed by atoms with Gasteiger partial charge in [-0.05, 0) is 193 Å². The minimum atomic E-state index is 0.543. The molecule has 0 saturated carbocycles. The van der Waals surface area contributed by atoms with Gasteiger partial charge in [0.1, 0.15) is 24.7 Å². The van der Waals surface area contributed by atoms with Crippen molar-refractivity contribution in [2.75, 3.05) is 9.80 Å². The zero-order valence-electron chi connectivity index (χ0n) is 46.7. The Morgan fingerprint density at radius 1 is 0.300 bits per heavy atom. The average molecular weight is 1040 g/mol. The van der Waals surface area contributed by atoms with Crippen LogP contribution in [0.2, 0.25) is 0 Å². The lowest BCUT2D eigenvalue weighted by molar-refractivity contribution is 0.306. The third-order valence-electron chi connectivity index (χ3n) is 14.3. The summed E-state index contributed by atoms with van der Waals surface area (Å²) in [5.41, 5.74) is 23.2. The molecule has 0 spiro atoms. The molecule has 0 unspecified atom stereocenters. The first-order chi connectivity index (χ1) is 39.1. The highest BCUT2D eigenvalue weighted by atomic mass is 16.5. The van der Waals surface area contributed by atoms with Gasteiger partial charge in [-0.25, -0.2) is 0 Å². The van der Waals surface area contributed by atoms with Crippen LogP contribution in [0.5, 0.6) is 11.5 Å². The summed E-state index contributed by atoms with van der Waals surface area (Å²) in [6.07, 6.45) is 16.9. The van der Waals surface area contributed by atoms with E-state index in [1.165, 1.54) is 44.5 Å². The van der Waals surface area contributed by atoms with E-state index in [4.69, 9.17) is 9.47 Å². The highest BCUT2D eigenvalue weighted by Gasteiger charge is 2.20. The summed E-state index contributed by atoms with van der Waals surface area (Å²) in [5.74, 6) is 1.71. The van der Waals surface area contributed by atoms with E-state index in [1.54, 1.807) is 0 Å². The van der Waals surface area contributed by atoms with Crippen LogP contribution in [-0.4, -0.2) is 0 Å². The summed E-state index contributed by atoms with van der Waals surface area (Å²) in [6, 6.07) is 81.8. The molecule has 10 rings (SSSR count). The number of anilines is 6. The maximum Gasteiger partial charge on any atom is 0.120 e. The van der Waals surface area contributed by atoms with E-state index in [0.29, 0.717) is 13.2 Å². The number of ether oxygens (including phenoxy) is 2. The Kier molecular flexibility index (Phi) is 17.2. The molecule has 0 aliphatic heterocycles. The topological polar surface area (TPSA) is 24.9 Å². The molecule has 0 saturated heterocycles. The van der Waals surface area contributed by atoms with Gasteiger partial charge >= 0.3 is 0 Å². The molecule has 4 nitrogen and oxygen atoms in total. The van der Waals surface area contributed by atoms with Gasteiger partial charge in [0.25, 0.3) is 0 Å². The first kappa shape index (κ1) is 53.7. The highest BCUT2D eigenvalue weighted by molar-refractivity contribution is 5.85. The van der Waals surface area contributed by atoms with Crippen molar-refractivity contribution in [3.05, 3.63) is 322 Å². The molecular formula is C76H68N2O2. The van der Waals surface area contributed by atoms with Gasteiger partial charge in [0.15, 0.2) is 0 Å². The summed E-state index contributed by atoms with van der Waals surface area (Å²) in [5, 5.41) is 0. The Balaban J connectivity index is 0.853. The molecule has 10 aromatic carbocycles. The minimum absolute atomic E-state index is 0.543. The van der Waals surface area contributed by atoms with Crippen LogP contribution in [0.3, 0.4) is 0 Å². The first-order valence-corrected chi connectivity index (χ1v) is 27.5. The molecule has 10 aromatic rings. The Morgan fingerprint density at radius 3 is 1.01 bits per heavy atom. The van der Waals surface area contributed by atoms with Gasteiger partial charge in [0, 0.05) is 34.1 Å². The van der Waals surface area contributed by atoms with E-state index >= 15 is 0 Å². The number of hydrogen-bond acceptors (Lipinski definition) is 4. The van der Waals surface area contributed by atoms with Gasteiger partial charge < -0.3 is 19.3 Å². The summed E-state index contributed by atoms with van der Waals surface area (Å²) < 4.78 is 12.1. The molecule has 0 aliphatic rings. The molecule has 0 bridgehead atoms. The fourth-order valence-electron chi connectivity index (χ4n) is 10.1. The SMILES string of the molecule is Cc1ccc(N(c2ccc(C=CC=Cc3cccc(OCc4ccccc4)c3)cc2)c2ccc(-c3ccc(N(c4ccc(C=CC=Cc5cccc(OCc6ccccc6)c5)cc4)c4ccc(C)cc4C)c(C)c3)cc2C)c(C)c1. The molecule has 0 heterocycles. The number of aryl methyl sites for hydroxylation is 6. The second-order valence-electron chi connectivity index (χ2n) is 20.6. The van der Waals surface area contributed by atoms with E-state index in [1.807, 2.05) is 60.7 Å². The molecule has 0 atom stereocenters. The fourth-order valence-corrected chi connectivity index (χ4v) is 10.1. The van der Waals surface area contributed by atoms with E-state index in [2.05, 4.69) is 270 Å². The molecule has 0 fully saturated rings. The van der Waals surface area contributed by atoms with Crippen molar-refractivity contribution in [2.24, 2.45) is 0 Å². The lowest BCUT2D eigenvalue weighted by Gasteiger charge is -2.30. The van der Waals surface area contributed by atoms with E-state index < -0.39 is 0 Å². The minimum Gasteiger partial charge on any atom is -0.489 e. The van der Waals surface area contributed by atoms with Crippen LogP contribution in [0.15, 0.2) is 255 Å². The molecule has 4 heteroatoms. The van der Waals surface area contributed by atoms with Crippen molar-refractivity contribution in [3.63, 3.8) is 0 Å². The maximum atomic E-state index is 6.06. The number of benzene rings is 10. The van der Waals surface area contributed by atoms with Gasteiger partial charge in [-0.2, -0.15) is 0 Å². The number of allylic oxidation sites excluding steroid dienone is 4. The van der Waals surface area contributed by atoms with Crippen molar-refractivity contribution < 1.29 is 9.47 Å². The molecular weight excluding hydrogens is 973 g/mol. The summed E-state index contributed by atoms with van der Waals surface area (Å²) >= 11 is 0. The van der Waals surface area contributed by atoms with Crippen molar-refractivity contribution in [2.45, 2.75) is 54.8 Å². The standard InChI is InChI=1S/C76H68N2O2/c1-55-31-43-73(57(3)47-55)77(69-39-33-61(34-40-69)19-13-15-21-63-27-17-29-71(51-63)79-53-65-23-9-7-10-24-65)75-45-37-67(49-59(75)5)68-38-46-76(60(6)50-68)78(74-44-32-56(2)48-58(74)4)70-41-35-62(36-42-70)20-14-16-22-64-28-18-30-72(52-64)80-54-66-25-11-8-12-26-66/h7-52H,53-54H2,1-6H3. The summed E-state index contributed by atoms with van der Waals surface area (Å²) in [6.45, 7) is 14.3. The van der Waals surface area contributed by atoms with Crippen LogP contribution < -0.4 is 19.3 Å². The average Bonchev–Trinajstić information content (AvgIpc) is 3.66. The van der Waals surface area contributed by atoms with Crippen LogP contribution in [0, 0.1) is 41.5 Å². The molecule has 0 radical (unpaired) electrons. The number of nitrogens with zero attached hydrogens (tertiary/aromatic N) is 2. The highest BCUT2D eigenvalue weighted by Crippen LogP contribution is 2.43. The lowest BCUT2D eigenvalue weighted by atomic mass is 9.98. The molecule has 394 valence electrons. The van der Waals surface area contributed by atoms with Gasteiger partial charge in [0.05, 0.1) is 0 Å². The van der Waals surface area contributed by atoms with Gasteiger partial charge in [-0.1, -0.05) is 205 Å². The van der Waals surface area contributed by atoms with Crippen molar-refractivity contribution in [1.29, 1.82) is 0 Å². The molecule has 0 aliphatic carbocycles. The first-order valence-electron chi connectivity index (χ1n) is 27.5. The van der Waals surface area contributed by atoms with Gasteiger partial charge in [0.2, 0.25) is 0 Å². The Hall–Kier alpha value is -9.64. The van der Waals surface area contributed by atoms with E-state index in [9.17, 15) is 0 Å². The van der Waals surface area contributed by atoms with Crippen LogP contribution in [0.4, 0.5) is 34.1 Å². The molecule has 0 N–H and O–H groups in total. The van der Waals surface area contributed by atoms with Crippen molar-refractivity contribution in [3.8, 4) is 22.6 Å². The monoisotopic (exact) mass is 1040 g/mol. The zero-order valence-corrected chi connectivity index (χ0v) is 46.7. The van der Waals surface area contributed by atoms with Crippen LogP contribution in [0.1, 0.15) is 66.8 Å². The third-order valence-corrected chi connectivity index (χ3v) is 14.3. The molecule has 80 heavy (non-hydrogen) atoms. The van der Waals surface area contributed by atoms with Crippen molar-refractivity contribution >= 4 is 58.4 Å². The van der Waals surface area contributed by atoms with E-state index in [0.717, 1.165) is 79.0 Å². The molecule has 0 amide bonds. The lowest BCUT2D eigenvalue weighted by Crippen LogP contribution is -2.13. The van der Waals surface area contributed by atoms with Gasteiger partial charge in [-0.15, -0.1) is 0 Å². The van der Waals surface area contributed by atoms with Crippen LogP contribution in [-0.2, 0) is 13.2 Å². The van der Waals surface area contributed by atoms with E-state index in [-0.39, 0.29) is 0 Å². The zero-order chi connectivity index (χ0) is 55.2. The second-order valence-corrected chi connectivity index (χ2v) is 20.6. The van der Waals surface area contributed by atoms with Crippen LogP contribution >= 0.6 is 0 Å². The Morgan fingerprint density at radius 2 is 0.650 bits per heavy atom. The van der Waals surface area contributed by atoms with Crippen LogP contribution in [0.25, 0.3) is 35.4 Å². The number of rotatable bonds is 19. The molecule has 0 aromatic heterocycles. The predicted molar refractivity (Wildman–Crippen MR) is 340 cm³/mol. The number of hydrogen-bond donors (Lipinski definition) is 0. The largest absolute Gasteiger partial charge is 0.489 e. The second kappa shape index (κ2) is 25.7. The Bertz CT molecular complexity index is 3580. The normalized spacial score (nSPS) is 11.5. The fraction of sp³-hybridized carbons (Fsp3) is 0.105. The third kappa shape index (κ3) is 13.7. The summed E-state index contributed by atoms with van der Waals surface area (Å²) in [4.78, 5) is 4.79. The Labute approximate surface area is 474 Å². The maximum absolute atomic E-state index is 6.06. The smallest absolute Gasteiger partial charge is 0.120 e. The van der Waals surface area contributed by atoms with Gasteiger partial charge in [-0.3, -0.25) is 0 Å². The quantitative estimate of drug-likeness (QED) is 0.0754.